The molecule has 0 aliphatic carbocycles. The van der Waals surface area contributed by atoms with E-state index in [1.54, 1.807) is 36.2 Å². The molecule has 0 unspecified atom stereocenters. The average molecular weight is 254 g/mol. The predicted octanol–water partition coefficient (Wildman–Crippen LogP) is 2.63. The number of pyridine rings is 1. The lowest BCUT2D eigenvalue weighted by Crippen LogP contribution is -2.13. The van der Waals surface area contributed by atoms with E-state index in [-0.39, 0.29) is 11.5 Å². The number of nitro groups is 1. The smallest absolute Gasteiger partial charge is 0.311 e. The lowest BCUT2D eigenvalue weighted by molar-refractivity contribution is -0.384. The minimum Gasteiger partial charge on any atom is -0.324 e. The predicted molar refractivity (Wildman–Crippen MR) is 70.1 cm³/mol. The maximum atomic E-state index is 11.0. The molecule has 0 aliphatic heterocycles. The molecule has 6 heteroatoms. The highest BCUT2D eigenvalue weighted by Crippen LogP contribution is 2.29. The summed E-state index contributed by atoms with van der Waals surface area (Å²) in [4.78, 5) is 16.1. The monoisotopic (exact) mass is 254 g/mol. The molecule has 0 saturated heterocycles. The fourth-order valence-corrected chi connectivity index (χ4v) is 1.70. The van der Waals surface area contributed by atoms with Gasteiger partial charge < -0.3 is 4.90 Å². The topological polar surface area (TPSA) is 83.1 Å². The first kappa shape index (κ1) is 12.5. The van der Waals surface area contributed by atoms with Crippen LogP contribution in [0.1, 0.15) is 5.56 Å². The van der Waals surface area contributed by atoms with Gasteiger partial charge in [-0.3, -0.25) is 10.1 Å². The molecule has 1 heterocycles. The van der Waals surface area contributed by atoms with E-state index < -0.39 is 4.92 Å². The van der Waals surface area contributed by atoms with E-state index in [2.05, 4.69) is 4.98 Å². The Bertz CT molecular complexity index is 664. The molecule has 1 aromatic carbocycles. The third kappa shape index (κ3) is 2.50. The summed E-state index contributed by atoms with van der Waals surface area (Å²) in [6.45, 7) is 0. The molecule has 6 nitrogen and oxygen atoms in total. The van der Waals surface area contributed by atoms with Gasteiger partial charge in [0.05, 0.1) is 16.6 Å². The van der Waals surface area contributed by atoms with Crippen molar-refractivity contribution < 1.29 is 4.92 Å². The Kier molecular flexibility index (Phi) is 3.39. The van der Waals surface area contributed by atoms with Crippen LogP contribution in [0.3, 0.4) is 0 Å². The van der Waals surface area contributed by atoms with Crippen molar-refractivity contribution in [3.05, 3.63) is 58.3 Å². The van der Waals surface area contributed by atoms with E-state index in [0.29, 0.717) is 11.3 Å². The zero-order chi connectivity index (χ0) is 13.8. The average Bonchev–Trinajstić information content (AvgIpc) is 2.46. The first-order valence-corrected chi connectivity index (χ1v) is 5.47. The summed E-state index contributed by atoms with van der Waals surface area (Å²) in [5, 5.41) is 19.8. The highest BCUT2D eigenvalue weighted by atomic mass is 16.6. The van der Waals surface area contributed by atoms with E-state index in [9.17, 15) is 10.1 Å². The Morgan fingerprint density at radius 1 is 1.37 bits per heavy atom. The van der Waals surface area contributed by atoms with E-state index >= 15 is 0 Å². The number of aromatic nitrogens is 1. The standard InChI is InChI=1S/C13H10N4O2/c1-16(11-5-2-4-10(8-11)9-14)13-12(17(18)19)6-3-7-15-13/h2-8H,1H3. The van der Waals surface area contributed by atoms with Gasteiger partial charge in [0.25, 0.3) is 0 Å². The minimum absolute atomic E-state index is 0.0765. The van der Waals surface area contributed by atoms with E-state index in [1.807, 2.05) is 6.07 Å². The quantitative estimate of drug-likeness (QED) is 0.621. The normalized spacial score (nSPS) is 9.68. The number of hydrogen-bond acceptors (Lipinski definition) is 5. The van der Waals surface area contributed by atoms with Crippen LogP contribution in [0.2, 0.25) is 0 Å². The van der Waals surface area contributed by atoms with E-state index in [4.69, 9.17) is 5.26 Å². The molecule has 2 aromatic rings. The molecule has 0 N–H and O–H groups in total. The zero-order valence-corrected chi connectivity index (χ0v) is 10.1. The molecule has 0 fully saturated rings. The summed E-state index contributed by atoms with van der Waals surface area (Å²) in [5.41, 5.74) is 1.08. The van der Waals surface area contributed by atoms with Crippen LogP contribution in [0.25, 0.3) is 0 Å². The van der Waals surface area contributed by atoms with Crippen LogP contribution in [-0.4, -0.2) is 17.0 Å². The molecule has 0 bridgehead atoms. The third-order valence-corrected chi connectivity index (χ3v) is 2.64. The Hall–Kier alpha value is -2.94. The zero-order valence-electron chi connectivity index (χ0n) is 10.1. The maximum Gasteiger partial charge on any atom is 0.311 e. The van der Waals surface area contributed by atoms with Crippen molar-refractivity contribution in [2.45, 2.75) is 0 Å². The van der Waals surface area contributed by atoms with Crippen molar-refractivity contribution in [3.63, 3.8) is 0 Å². The van der Waals surface area contributed by atoms with Crippen molar-refractivity contribution >= 4 is 17.2 Å². The maximum absolute atomic E-state index is 11.0. The van der Waals surface area contributed by atoms with E-state index in [1.165, 1.54) is 18.3 Å². The molecule has 94 valence electrons. The van der Waals surface area contributed by atoms with Crippen LogP contribution in [0.4, 0.5) is 17.2 Å². The Labute approximate surface area is 109 Å². The second-order valence-corrected chi connectivity index (χ2v) is 3.82. The van der Waals surface area contributed by atoms with Crippen molar-refractivity contribution in [1.82, 2.24) is 4.98 Å². The van der Waals surface area contributed by atoms with Crippen molar-refractivity contribution in [3.8, 4) is 6.07 Å². The molecule has 0 aliphatic rings. The van der Waals surface area contributed by atoms with Gasteiger partial charge in [-0.15, -0.1) is 0 Å². The van der Waals surface area contributed by atoms with Crippen LogP contribution in [0, 0.1) is 21.4 Å². The van der Waals surface area contributed by atoms with Gasteiger partial charge in [-0.1, -0.05) is 6.07 Å². The van der Waals surface area contributed by atoms with E-state index in [0.717, 1.165) is 0 Å². The van der Waals surface area contributed by atoms with Gasteiger partial charge in [0.15, 0.2) is 0 Å². The van der Waals surface area contributed by atoms with Gasteiger partial charge in [-0.2, -0.15) is 5.26 Å². The fraction of sp³-hybridized carbons (Fsp3) is 0.0769. The second kappa shape index (κ2) is 5.14. The number of rotatable bonds is 3. The van der Waals surface area contributed by atoms with Crippen LogP contribution in [0.5, 0.6) is 0 Å². The molecular formula is C13H10N4O2. The summed E-state index contributed by atoms with van der Waals surface area (Å²) < 4.78 is 0. The SMILES string of the molecule is CN(c1cccc(C#N)c1)c1ncccc1[N+](=O)[O-]. The molecule has 1 aromatic heterocycles. The fourth-order valence-electron chi connectivity index (χ4n) is 1.70. The lowest BCUT2D eigenvalue weighted by atomic mass is 10.2. The molecule has 0 amide bonds. The number of nitrogens with zero attached hydrogens (tertiary/aromatic N) is 4. The van der Waals surface area contributed by atoms with Gasteiger partial charge >= 0.3 is 5.69 Å². The Morgan fingerprint density at radius 3 is 2.84 bits per heavy atom. The molecule has 0 radical (unpaired) electrons. The Morgan fingerprint density at radius 2 is 2.16 bits per heavy atom. The van der Waals surface area contributed by atoms with Gasteiger partial charge in [-0.25, -0.2) is 4.98 Å². The molecule has 0 atom stereocenters. The van der Waals surface area contributed by atoms with Crippen LogP contribution < -0.4 is 4.90 Å². The molecule has 19 heavy (non-hydrogen) atoms. The van der Waals surface area contributed by atoms with Crippen molar-refractivity contribution in [2.24, 2.45) is 0 Å². The third-order valence-electron chi connectivity index (χ3n) is 2.64. The molecule has 2 rings (SSSR count). The Balaban J connectivity index is 2.47. The molecule has 0 spiro atoms. The first-order valence-electron chi connectivity index (χ1n) is 5.47. The first-order chi connectivity index (χ1) is 9.13. The highest BCUT2D eigenvalue weighted by molar-refractivity contribution is 5.68. The van der Waals surface area contributed by atoms with Gasteiger partial charge in [0, 0.05) is 25.0 Å². The second-order valence-electron chi connectivity index (χ2n) is 3.82. The minimum atomic E-state index is -0.479. The highest BCUT2D eigenvalue weighted by Gasteiger charge is 2.18. The number of nitriles is 1. The lowest BCUT2D eigenvalue weighted by Gasteiger charge is -2.17. The summed E-state index contributed by atoms with van der Waals surface area (Å²) in [6.07, 6.45) is 1.49. The number of anilines is 2. The number of benzene rings is 1. The van der Waals surface area contributed by atoms with Crippen LogP contribution >= 0.6 is 0 Å². The summed E-state index contributed by atoms with van der Waals surface area (Å²) in [6, 6.07) is 11.7. The van der Waals surface area contributed by atoms with Gasteiger partial charge in [-0.05, 0) is 24.3 Å². The molecule has 0 saturated carbocycles. The van der Waals surface area contributed by atoms with Crippen LogP contribution in [0.15, 0.2) is 42.6 Å². The van der Waals surface area contributed by atoms with Crippen molar-refractivity contribution in [2.75, 3.05) is 11.9 Å². The largest absolute Gasteiger partial charge is 0.324 e. The molecular weight excluding hydrogens is 244 g/mol. The number of hydrogen-bond donors (Lipinski definition) is 0. The van der Waals surface area contributed by atoms with Gasteiger partial charge in [0.1, 0.15) is 0 Å². The van der Waals surface area contributed by atoms with Crippen molar-refractivity contribution in [1.29, 1.82) is 5.26 Å². The summed E-state index contributed by atoms with van der Waals surface area (Å²) >= 11 is 0. The van der Waals surface area contributed by atoms with Crippen LogP contribution in [-0.2, 0) is 0 Å². The van der Waals surface area contributed by atoms with Gasteiger partial charge in [0.2, 0.25) is 5.82 Å². The summed E-state index contributed by atoms with van der Waals surface area (Å²) in [5.74, 6) is 0.239. The summed E-state index contributed by atoms with van der Waals surface area (Å²) in [7, 11) is 1.67.